The minimum Gasteiger partial charge on any atom is -0.492 e. The molecule has 3 heterocycles. The molecule has 11 nitrogen and oxygen atoms in total. The van der Waals surface area contributed by atoms with Crippen molar-refractivity contribution in [2.75, 3.05) is 26.2 Å². The third-order valence-corrected chi connectivity index (χ3v) is 6.51. The predicted octanol–water partition coefficient (Wildman–Crippen LogP) is 4.05. The number of amides is 2. The molecule has 2 amide bonds. The van der Waals surface area contributed by atoms with Crippen molar-refractivity contribution >= 4 is 29.8 Å². The summed E-state index contributed by atoms with van der Waals surface area (Å²) in [4.78, 5) is 30.7. The summed E-state index contributed by atoms with van der Waals surface area (Å²) in [5.41, 5.74) is 1.91. The van der Waals surface area contributed by atoms with Gasteiger partial charge < -0.3 is 25.0 Å². The van der Waals surface area contributed by atoms with Gasteiger partial charge in [-0.25, -0.2) is 14.3 Å². The quantitative estimate of drug-likeness (QED) is 0.356. The molecule has 1 fully saturated rings. The van der Waals surface area contributed by atoms with Gasteiger partial charge in [0.2, 0.25) is 5.91 Å². The van der Waals surface area contributed by atoms with Crippen LogP contribution in [0.25, 0.3) is 11.1 Å². The number of aromatic nitrogens is 2. The molecular weight excluding hydrogens is 510 g/mol. The largest absolute Gasteiger partial charge is 0.492 e. The molecule has 11 heteroatoms. The molecule has 40 heavy (non-hydrogen) atoms. The minimum atomic E-state index is -0.629. The molecule has 2 N–H and O–H groups in total. The summed E-state index contributed by atoms with van der Waals surface area (Å²) in [6, 6.07) is 4.12. The Balaban J connectivity index is 1.67. The first kappa shape index (κ1) is 30.2. The average Bonchev–Trinajstić information content (AvgIpc) is 3.30. The lowest BCUT2D eigenvalue weighted by Crippen LogP contribution is -2.55. The van der Waals surface area contributed by atoms with Crippen molar-refractivity contribution in [3.05, 3.63) is 47.6 Å². The third-order valence-electron chi connectivity index (χ3n) is 6.51. The number of likely N-dealkylation sites (tertiary alicyclic amines) is 1. The van der Waals surface area contributed by atoms with Crippen LogP contribution in [0, 0.1) is 11.3 Å². The molecule has 1 aliphatic heterocycles. The van der Waals surface area contributed by atoms with Gasteiger partial charge in [0.05, 0.1) is 30.1 Å². The molecule has 0 bridgehead atoms. The molecule has 0 unspecified atom stereocenters. The Labute approximate surface area is 235 Å². The molecule has 0 radical (unpaired) electrons. The number of nitriles is 1. The van der Waals surface area contributed by atoms with E-state index in [-0.39, 0.29) is 12.5 Å². The number of piperidine rings is 1. The lowest BCUT2D eigenvalue weighted by Gasteiger charge is -2.40. The highest BCUT2D eigenvalue weighted by Gasteiger charge is 2.32. The summed E-state index contributed by atoms with van der Waals surface area (Å²) >= 11 is 0. The monoisotopic (exact) mass is 549 g/mol. The fourth-order valence-electron chi connectivity index (χ4n) is 4.47. The highest BCUT2D eigenvalue weighted by molar-refractivity contribution is 5.83. The van der Waals surface area contributed by atoms with E-state index in [1.807, 2.05) is 39.0 Å². The van der Waals surface area contributed by atoms with Crippen LogP contribution >= 0.6 is 0 Å². The van der Waals surface area contributed by atoms with Crippen LogP contribution in [0.4, 0.5) is 4.79 Å². The van der Waals surface area contributed by atoms with E-state index >= 15 is 0 Å². The van der Waals surface area contributed by atoms with Gasteiger partial charge >= 0.3 is 6.09 Å². The van der Waals surface area contributed by atoms with Crippen LogP contribution in [0.1, 0.15) is 65.5 Å². The Bertz CT molecular complexity index is 1350. The number of nitrogens with zero attached hydrogens (tertiary/aromatic N) is 5. The number of pyridine rings is 1. The lowest BCUT2D eigenvalue weighted by molar-refractivity contribution is -0.122. The van der Waals surface area contributed by atoms with E-state index in [2.05, 4.69) is 38.4 Å². The van der Waals surface area contributed by atoms with Crippen molar-refractivity contribution in [3.63, 3.8) is 0 Å². The second kappa shape index (κ2) is 12.7. The van der Waals surface area contributed by atoms with Crippen LogP contribution in [0.3, 0.4) is 0 Å². The van der Waals surface area contributed by atoms with Crippen molar-refractivity contribution in [1.82, 2.24) is 25.1 Å². The van der Waals surface area contributed by atoms with Gasteiger partial charge in [-0.2, -0.15) is 10.4 Å². The maximum absolute atomic E-state index is 12.5. The summed E-state index contributed by atoms with van der Waals surface area (Å²) in [5.74, 6) is 1.11. The van der Waals surface area contributed by atoms with E-state index in [9.17, 15) is 14.9 Å². The number of alkyl carbamates (subject to hydrolysis) is 1. The molecule has 2 aromatic rings. The Hall–Kier alpha value is -4.33. The van der Waals surface area contributed by atoms with Gasteiger partial charge in [-0.15, -0.1) is 0 Å². The number of rotatable bonds is 9. The number of nitrogens with one attached hydrogen (secondary N) is 2. The second-order valence-corrected chi connectivity index (χ2v) is 11.0. The van der Waals surface area contributed by atoms with Crippen molar-refractivity contribution in [2.24, 2.45) is 4.99 Å². The number of carbonyl (C=O) groups excluding carboxylic acids is 2. The van der Waals surface area contributed by atoms with E-state index in [1.165, 1.54) is 0 Å². The Morgan fingerprint density at radius 1 is 1.30 bits per heavy atom. The maximum Gasteiger partial charge on any atom is 0.408 e. The van der Waals surface area contributed by atoms with E-state index in [0.717, 1.165) is 11.1 Å². The standard InChI is InChI=1S/C29H39N7O4/c1-8-39-22-15-23(26-21(16-30)17-33-36(26)19-22)20(2)9-10-24(31-7)35-13-11-29(6,12-14-35)34-25(37)18-32-27(38)40-28(3,4)5/h9-10,15,17,19H,7-8,11-14,18H2,1-6H3,(H,32,38)(H,34,37)/b20-9+,24-10+. The number of aliphatic imine (C=N–C) groups is 1. The van der Waals surface area contributed by atoms with Gasteiger partial charge in [0.15, 0.2) is 0 Å². The molecule has 214 valence electrons. The normalized spacial score (nSPS) is 15.8. The fraction of sp³-hybridized carbons (Fsp3) is 0.483. The zero-order valence-corrected chi connectivity index (χ0v) is 24.2. The topological polar surface area (TPSA) is 133 Å². The van der Waals surface area contributed by atoms with Crippen molar-refractivity contribution in [1.29, 1.82) is 5.26 Å². The molecule has 0 spiro atoms. The van der Waals surface area contributed by atoms with E-state index in [0.29, 0.717) is 55.2 Å². The van der Waals surface area contributed by atoms with Crippen molar-refractivity contribution in [2.45, 2.75) is 65.5 Å². The summed E-state index contributed by atoms with van der Waals surface area (Å²) in [6.07, 6.45) is 7.92. The molecule has 0 atom stereocenters. The molecular formula is C29H39N7O4. The van der Waals surface area contributed by atoms with Gasteiger partial charge in [0, 0.05) is 24.2 Å². The first-order chi connectivity index (χ1) is 18.9. The Morgan fingerprint density at radius 3 is 2.60 bits per heavy atom. The van der Waals surface area contributed by atoms with E-state index in [4.69, 9.17) is 9.47 Å². The zero-order chi connectivity index (χ0) is 29.5. The van der Waals surface area contributed by atoms with Crippen molar-refractivity contribution in [3.8, 4) is 11.8 Å². The van der Waals surface area contributed by atoms with Crippen LogP contribution in [-0.4, -0.2) is 70.6 Å². The number of fused-ring (bicyclic) bond motifs is 1. The first-order valence-corrected chi connectivity index (χ1v) is 13.3. The molecule has 3 rings (SSSR count). The predicted molar refractivity (Wildman–Crippen MR) is 154 cm³/mol. The molecule has 0 aliphatic carbocycles. The molecule has 0 aromatic carbocycles. The second-order valence-electron chi connectivity index (χ2n) is 11.0. The highest BCUT2D eigenvalue weighted by atomic mass is 16.6. The molecule has 1 saturated heterocycles. The number of hydrogen-bond donors (Lipinski definition) is 2. The van der Waals surface area contributed by atoms with Crippen LogP contribution in [0.15, 0.2) is 41.4 Å². The smallest absolute Gasteiger partial charge is 0.408 e. The summed E-state index contributed by atoms with van der Waals surface area (Å²) in [7, 11) is 0. The number of hydrogen-bond acceptors (Lipinski definition) is 8. The minimum absolute atomic E-state index is 0.153. The summed E-state index contributed by atoms with van der Waals surface area (Å²) in [6.45, 7) is 16.6. The number of carbonyl (C=O) groups is 2. The summed E-state index contributed by atoms with van der Waals surface area (Å²) < 4.78 is 12.5. The number of ether oxygens (including phenoxy) is 2. The van der Waals surface area contributed by atoms with Gasteiger partial charge in [0.25, 0.3) is 0 Å². The van der Waals surface area contributed by atoms with Gasteiger partial charge in [0.1, 0.15) is 29.8 Å². The first-order valence-electron chi connectivity index (χ1n) is 13.3. The number of allylic oxidation sites excluding steroid dienone is 3. The Morgan fingerprint density at radius 2 is 2.00 bits per heavy atom. The summed E-state index contributed by atoms with van der Waals surface area (Å²) in [5, 5.41) is 19.4. The van der Waals surface area contributed by atoms with Crippen LogP contribution in [0.5, 0.6) is 5.75 Å². The van der Waals surface area contributed by atoms with E-state index < -0.39 is 17.2 Å². The zero-order valence-electron chi connectivity index (χ0n) is 24.2. The van der Waals surface area contributed by atoms with E-state index in [1.54, 1.807) is 37.7 Å². The van der Waals surface area contributed by atoms with Gasteiger partial charge in [-0.1, -0.05) is 6.08 Å². The molecule has 0 saturated carbocycles. The maximum atomic E-state index is 12.5. The highest BCUT2D eigenvalue weighted by Crippen LogP contribution is 2.29. The molecule has 1 aliphatic rings. The van der Waals surface area contributed by atoms with Crippen LogP contribution in [0.2, 0.25) is 0 Å². The van der Waals surface area contributed by atoms with Crippen LogP contribution in [-0.2, 0) is 9.53 Å². The lowest BCUT2D eigenvalue weighted by atomic mass is 9.89. The van der Waals surface area contributed by atoms with Gasteiger partial charge in [-0.3, -0.25) is 4.79 Å². The van der Waals surface area contributed by atoms with Crippen LogP contribution < -0.4 is 15.4 Å². The van der Waals surface area contributed by atoms with Gasteiger partial charge in [-0.05, 0) is 78.8 Å². The SMILES string of the molecule is C=N/C(=C\C=C(/C)c1cc(OCC)cn2ncc(C#N)c12)N1CCC(C)(NC(=O)CNC(=O)OC(C)(C)C)CC1. The fourth-order valence-corrected chi connectivity index (χ4v) is 4.47. The van der Waals surface area contributed by atoms with Crippen molar-refractivity contribution < 1.29 is 19.1 Å². The average molecular weight is 550 g/mol. The Kier molecular flexibility index (Phi) is 9.58. The molecule has 2 aromatic heterocycles. The third kappa shape index (κ3) is 7.85.